The van der Waals surface area contributed by atoms with Gasteiger partial charge in [0.2, 0.25) is 0 Å². The van der Waals surface area contributed by atoms with Crippen LogP contribution in [0.4, 0.5) is 0 Å². The van der Waals surface area contributed by atoms with Gasteiger partial charge in [-0.1, -0.05) is 35.0 Å². The molecule has 0 aliphatic carbocycles. The Morgan fingerprint density at radius 1 is 1.35 bits per heavy atom. The fourth-order valence-electron chi connectivity index (χ4n) is 1.82. The Morgan fingerprint density at radius 3 is 2.59 bits per heavy atom. The van der Waals surface area contributed by atoms with Crippen molar-refractivity contribution >= 4 is 0 Å². The van der Waals surface area contributed by atoms with Crippen LogP contribution in [0.25, 0.3) is 0 Å². The van der Waals surface area contributed by atoms with Crippen molar-refractivity contribution in [2.24, 2.45) is 12.9 Å². The number of benzene rings is 1. The smallest absolute Gasteiger partial charge is 0.0770 e. The van der Waals surface area contributed by atoms with Crippen molar-refractivity contribution in [3.8, 4) is 0 Å². The Labute approximate surface area is 101 Å². The van der Waals surface area contributed by atoms with E-state index in [1.807, 2.05) is 7.05 Å². The minimum Gasteiger partial charge on any atom is -0.271 e. The molecular formula is C12H17N5. The second-order valence-corrected chi connectivity index (χ2v) is 4.19. The summed E-state index contributed by atoms with van der Waals surface area (Å²) in [5.74, 6) is 5.59. The van der Waals surface area contributed by atoms with Gasteiger partial charge in [-0.05, 0) is 18.9 Å². The van der Waals surface area contributed by atoms with Gasteiger partial charge in [-0.2, -0.15) is 0 Å². The van der Waals surface area contributed by atoms with Gasteiger partial charge >= 0.3 is 0 Å². The summed E-state index contributed by atoms with van der Waals surface area (Å²) in [4.78, 5) is 0. The van der Waals surface area contributed by atoms with E-state index in [9.17, 15) is 0 Å². The Kier molecular flexibility index (Phi) is 3.51. The summed E-state index contributed by atoms with van der Waals surface area (Å²) in [5, 5.41) is 7.78. The highest BCUT2D eigenvalue weighted by atomic mass is 15.4. The summed E-state index contributed by atoms with van der Waals surface area (Å²) in [6, 6.07) is 8.46. The van der Waals surface area contributed by atoms with Gasteiger partial charge in [0.25, 0.3) is 0 Å². The van der Waals surface area contributed by atoms with Crippen LogP contribution in [0, 0.1) is 6.92 Å². The molecule has 0 bridgehead atoms. The van der Waals surface area contributed by atoms with E-state index in [0.29, 0.717) is 0 Å². The number of aromatic nitrogens is 3. The molecule has 0 spiro atoms. The fourth-order valence-corrected chi connectivity index (χ4v) is 1.82. The first-order valence-corrected chi connectivity index (χ1v) is 5.57. The van der Waals surface area contributed by atoms with Gasteiger partial charge in [0.05, 0.1) is 17.9 Å². The Bertz CT molecular complexity index is 474. The monoisotopic (exact) mass is 231 g/mol. The molecule has 1 aromatic heterocycles. The van der Waals surface area contributed by atoms with Crippen molar-refractivity contribution in [1.82, 2.24) is 20.4 Å². The number of aryl methyl sites for hydroxylation is 2. The average molecular weight is 231 g/mol. The van der Waals surface area contributed by atoms with Gasteiger partial charge in [-0.15, -0.1) is 5.10 Å². The average Bonchev–Trinajstić information content (AvgIpc) is 2.75. The highest BCUT2D eigenvalue weighted by Crippen LogP contribution is 2.16. The van der Waals surface area contributed by atoms with E-state index in [1.54, 1.807) is 10.9 Å². The first kappa shape index (κ1) is 11.8. The molecule has 0 amide bonds. The van der Waals surface area contributed by atoms with Gasteiger partial charge in [0, 0.05) is 7.05 Å². The van der Waals surface area contributed by atoms with E-state index in [2.05, 4.69) is 46.9 Å². The molecule has 0 aliphatic heterocycles. The van der Waals surface area contributed by atoms with Crippen molar-refractivity contribution < 1.29 is 0 Å². The highest BCUT2D eigenvalue weighted by molar-refractivity contribution is 5.23. The largest absolute Gasteiger partial charge is 0.271 e. The number of nitrogens with two attached hydrogens (primary N) is 1. The summed E-state index contributed by atoms with van der Waals surface area (Å²) < 4.78 is 1.73. The quantitative estimate of drug-likeness (QED) is 0.605. The topological polar surface area (TPSA) is 68.8 Å². The van der Waals surface area contributed by atoms with Crippen LogP contribution in [0.2, 0.25) is 0 Å². The normalized spacial score (nSPS) is 12.6. The maximum absolute atomic E-state index is 5.59. The van der Waals surface area contributed by atoms with E-state index >= 15 is 0 Å². The molecule has 0 fully saturated rings. The van der Waals surface area contributed by atoms with Crippen molar-refractivity contribution in [2.75, 3.05) is 0 Å². The van der Waals surface area contributed by atoms with E-state index in [-0.39, 0.29) is 6.04 Å². The lowest BCUT2D eigenvalue weighted by atomic mass is 10.0. The third-order valence-corrected chi connectivity index (χ3v) is 2.87. The third kappa shape index (κ3) is 2.69. The lowest BCUT2D eigenvalue weighted by Gasteiger charge is -2.15. The molecule has 1 atom stereocenters. The molecule has 2 rings (SSSR count). The molecule has 5 nitrogen and oxygen atoms in total. The van der Waals surface area contributed by atoms with Gasteiger partial charge in [-0.25, -0.2) is 0 Å². The number of hydrazine groups is 1. The molecule has 0 aliphatic rings. The van der Waals surface area contributed by atoms with Crippen LogP contribution in [0.5, 0.6) is 0 Å². The first-order valence-electron chi connectivity index (χ1n) is 5.57. The first-order chi connectivity index (χ1) is 8.20. The van der Waals surface area contributed by atoms with Crippen LogP contribution in [0.3, 0.4) is 0 Å². The van der Waals surface area contributed by atoms with E-state index in [4.69, 9.17) is 5.84 Å². The van der Waals surface area contributed by atoms with E-state index in [0.717, 1.165) is 12.1 Å². The van der Waals surface area contributed by atoms with Gasteiger partial charge in [-0.3, -0.25) is 16.0 Å². The highest BCUT2D eigenvalue weighted by Gasteiger charge is 2.14. The summed E-state index contributed by atoms with van der Waals surface area (Å²) in [5.41, 5.74) is 6.28. The van der Waals surface area contributed by atoms with Crippen molar-refractivity contribution in [3.63, 3.8) is 0 Å². The van der Waals surface area contributed by atoms with E-state index in [1.165, 1.54) is 11.1 Å². The molecule has 90 valence electrons. The lowest BCUT2D eigenvalue weighted by Crippen LogP contribution is -2.31. The Hall–Kier alpha value is -1.72. The second kappa shape index (κ2) is 5.07. The van der Waals surface area contributed by atoms with Crippen LogP contribution in [-0.2, 0) is 13.5 Å². The van der Waals surface area contributed by atoms with Crippen LogP contribution >= 0.6 is 0 Å². The molecule has 1 heterocycles. The molecule has 0 radical (unpaired) electrons. The van der Waals surface area contributed by atoms with Crippen LogP contribution < -0.4 is 11.3 Å². The molecule has 1 unspecified atom stereocenters. The molecule has 1 aromatic carbocycles. The lowest BCUT2D eigenvalue weighted by molar-refractivity contribution is 0.507. The van der Waals surface area contributed by atoms with Crippen LogP contribution in [0.15, 0.2) is 30.5 Å². The zero-order valence-electron chi connectivity index (χ0n) is 10.1. The number of nitrogens with one attached hydrogen (secondary N) is 1. The van der Waals surface area contributed by atoms with Crippen molar-refractivity contribution in [1.29, 1.82) is 0 Å². The van der Waals surface area contributed by atoms with Gasteiger partial charge in [0.15, 0.2) is 0 Å². The molecule has 5 heteroatoms. The third-order valence-electron chi connectivity index (χ3n) is 2.87. The number of nitrogens with zero attached hydrogens (tertiary/aromatic N) is 3. The zero-order chi connectivity index (χ0) is 12.3. The molecule has 0 saturated heterocycles. The predicted octanol–water partition coefficient (Wildman–Crippen LogP) is 0.871. The number of hydrogen-bond donors (Lipinski definition) is 2. The summed E-state index contributed by atoms with van der Waals surface area (Å²) in [7, 11) is 1.86. The second-order valence-electron chi connectivity index (χ2n) is 4.19. The molecule has 0 saturated carbocycles. The maximum atomic E-state index is 5.59. The summed E-state index contributed by atoms with van der Waals surface area (Å²) in [6.45, 7) is 2.08. The van der Waals surface area contributed by atoms with Gasteiger partial charge in [0.1, 0.15) is 0 Å². The fraction of sp³-hybridized carbons (Fsp3) is 0.333. The van der Waals surface area contributed by atoms with Crippen molar-refractivity contribution in [3.05, 3.63) is 47.3 Å². The Morgan fingerprint density at radius 2 is 2.06 bits per heavy atom. The standard InChI is InChI=1S/C12H17N5/c1-9-3-5-10(6-4-9)7-11(15-13)12-8-14-16-17(12)2/h3-6,8,11,15H,7,13H2,1-2H3. The summed E-state index contributed by atoms with van der Waals surface area (Å²) >= 11 is 0. The zero-order valence-corrected chi connectivity index (χ0v) is 10.1. The van der Waals surface area contributed by atoms with Gasteiger partial charge < -0.3 is 0 Å². The number of rotatable bonds is 4. The van der Waals surface area contributed by atoms with E-state index < -0.39 is 0 Å². The van der Waals surface area contributed by atoms with Crippen molar-refractivity contribution in [2.45, 2.75) is 19.4 Å². The molecule has 17 heavy (non-hydrogen) atoms. The molecule has 3 N–H and O–H groups in total. The molecular weight excluding hydrogens is 214 g/mol. The Balaban J connectivity index is 2.16. The minimum absolute atomic E-state index is 0.0257. The molecule has 2 aromatic rings. The predicted molar refractivity (Wildman–Crippen MR) is 66.0 cm³/mol. The number of hydrogen-bond acceptors (Lipinski definition) is 4. The maximum Gasteiger partial charge on any atom is 0.0770 e. The SMILES string of the molecule is Cc1ccc(CC(NN)c2cnnn2C)cc1. The summed E-state index contributed by atoms with van der Waals surface area (Å²) in [6.07, 6.45) is 2.55. The minimum atomic E-state index is 0.0257. The van der Waals surface area contributed by atoms with Crippen LogP contribution in [-0.4, -0.2) is 15.0 Å². The van der Waals surface area contributed by atoms with Crippen LogP contribution in [0.1, 0.15) is 22.9 Å².